The van der Waals surface area contributed by atoms with Gasteiger partial charge in [0.25, 0.3) is 0 Å². The second-order valence-electron chi connectivity index (χ2n) is 9.13. The minimum atomic E-state index is -1.16. The fraction of sp³-hybridized carbons (Fsp3) is 0.480. The van der Waals surface area contributed by atoms with Crippen LogP contribution in [0.4, 0.5) is 0 Å². The highest BCUT2D eigenvalue weighted by Gasteiger charge is 2.42. The first-order valence-corrected chi connectivity index (χ1v) is 10.7. The Hall–Kier alpha value is -2.57. The number of carbonyl (C=O) groups is 1. The summed E-state index contributed by atoms with van der Waals surface area (Å²) in [6.45, 7) is 7.12. The molecular formula is C25H32O6. The van der Waals surface area contributed by atoms with E-state index >= 15 is 0 Å². The van der Waals surface area contributed by atoms with E-state index in [-0.39, 0.29) is 25.0 Å². The number of aliphatic carboxylic acids is 1. The van der Waals surface area contributed by atoms with Gasteiger partial charge in [-0.1, -0.05) is 45.0 Å². The molecule has 0 aliphatic carbocycles. The topological polar surface area (TPSA) is 85.2 Å². The minimum Gasteiger partial charge on any atom is -0.491 e. The lowest BCUT2D eigenvalue weighted by Gasteiger charge is -2.23. The standard InChI is InChI=1S/C25H32O6/c1-24(2,3)19-8-10-21(11-9-19)29-16-20(26)17-30-22-7-4-6-18(14-22)15-25(23(27)28)12-5-13-31-25/h4,6-11,14,20,26H,5,12-13,15-17H2,1-3H3,(H,27,28). The van der Waals surface area contributed by atoms with Crippen molar-refractivity contribution in [3.05, 3.63) is 59.7 Å². The van der Waals surface area contributed by atoms with Crippen LogP contribution in [0.15, 0.2) is 48.5 Å². The van der Waals surface area contributed by atoms with E-state index in [1.165, 1.54) is 5.56 Å². The molecule has 2 atom stereocenters. The smallest absolute Gasteiger partial charge is 0.336 e. The summed E-state index contributed by atoms with van der Waals surface area (Å²) in [5.41, 5.74) is 0.964. The van der Waals surface area contributed by atoms with Crippen molar-refractivity contribution in [2.24, 2.45) is 0 Å². The maximum absolute atomic E-state index is 11.7. The molecule has 0 spiro atoms. The molecule has 2 N–H and O–H groups in total. The summed E-state index contributed by atoms with van der Waals surface area (Å²) in [6.07, 6.45) is 0.735. The number of hydrogen-bond acceptors (Lipinski definition) is 5. The highest BCUT2D eigenvalue weighted by atomic mass is 16.5. The van der Waals surface area contributed by atoms with Crippen LogP contribution in [0, 0.1) is 0 Å². The van der Waals surface area contributed by atoms with Gasteiger partial charge in [-0.2, -0.15) is 0 Å². The van der Waals surface area contributed by atoms with Crippen LogP contribution in [0.2, 0.25) is 0 Å². The lowest BCUT2D eigenvalue weighted by Crippen LogP contribution is -2.40. The number of carboxylic acids is 1. The van der Waals surface area contributed by atoms with Crippen LogP contribution < -0.4 is 9.47 Å². The molecule has 1 aliphatic rings. The molecule has 2 aromatic rings. The van der Waals surface area contributed by atoms with Gasteiger partial charge in [0, 0.05) is 13.0 Å². The number of hydrogen-bond donors (Lipinski definition) is 2. The van der Waals surface area contributed by atoms with Crippen molar-refractivity contribution in [2.75, 3.05) is 19.8 Å². The van der Waals surface area contributed by atoms with Crippen LogP contribution in [0.5, 0.6) is 11.5 Å². The van der Waals surface area contributed by atoms with E-state index < -0.39 is 17.7 Å². The molecule has 0 radical (unpaired) electrons. The summed E-state index contributed by atoms with van der Waals surface area (Å²) in [4.78, 5) is 11.7. The largest absolute Gasteiger partial charge is 0.491 e. The maximum atomic E-state index is 11.7. The number of rotatable bonds is 9. The third-order valence-electron chi connectivity index (χ3n) is 5.49. The molecule has 6 heteroatoms. The Kier molecular flexibility index (Phi) is 7.23. The van der Waals surface area contributed by atoms with Gasteiger partial charge in [0.15, 0.2) is 5.60 Å². The number of aliphatic hydroxyl groups is 1. The zero-order valence-corrected chi connectivity index (χ0v) is 18.5. The highest BCUT2D eigenvalue weighted by molar-refractivity contribution is 5.78. The van der Waals surface area contributed by atoms with Gasteiger partial charge in [-0.3, -0.25) is 0 Å². The zero-order chi connectivity index (χ0) is 22.5. The lowest BCUT2D eigenvalue weighted by atomic mass is 9.87. The molecule has 31 heavy (non-hydrogen) atoms. The van der Waals surface area contributed by atoms with E-state index in [1.54, 1.807) is 12.1 Å². The molecule has 0 saturated carbocycles. The third kappa shape index (κ3) is 6.21. The van der Waals surface area contributed by atoms with E-state index in [4.69, 9.17) is 14.2 Å². The van der Waals surface area contributed by atoms with Crippen molar-refractivity contribution >= 4 is 5.97 Å². The maximum Gasteiger partial charge on any atom is 0.336 e. The van der Waals surface area contributed by atoms with Gasteiger partial charge in [0.2, 0.25) is 0 Å². The SMILES string of the molecule is CC(C)(C)c1ccc(OCC(O)COc2cccc(CC3(C(=O)O)CCCO3)c2)cc1. The van der Waals surface area contributed by atoms with Gasteiger partial charge in [-0.15, -0.1) is 0 Å². The Balaban J connectivity index is 1.49. The first-order valence-electron chi connectivity index (χ1n) is 10.7. The summed E-state index contributed by atoms with van der Waals surface area (Å²) >= 11 is 0. The van der Waals surface area contributed by atoms with Crippen molar-refractivity contribution in [2.45, 2.75) is 57.2 Å². The number of ether oxygens (including phenoxy) is 3. The molecule has 3 rings (SSSR count). The average molecular weight is 429 g/mol. The first-order chi connectivity index (χ1) is 14.7. The molecule has 0 aromatic heterocycles. The van der Waals surface area contributed by atoms with E-state index in [2.05, 4.69) is 20.8 Å². The van der Waals surface area contributed by atoms with E-state index in [0.717, 1.165) is 12.0 Å². The van der Waals surface area contributed by atoms with Crippen molar-refractivity contribution in [1.29, 1.82) is 0 Å². The third-order valence-corrected chi connectivity index (χ3v) is 5.49. The van der Waals surface area contributed by atoms with E-state index in [1.807, 2.05) is 36.4 Å². The first kappa shape index (κ1) is 23.1. The fourth-order valence-corrected chi connectivity index (χ4v) is 3.64. The Morgan fingerprint density at radius 2 is 1.77 bits per heavy atom. The van der Waals surface area contributed by atoms with Crippen LogP contribution in [0.1, 0.15) is 44.7 Å². The van der Waals surface area contributed by atoms with Gasteiger partial charge < -0.3 is 24.4 Å². The molecule has 2 aromatic carbocycles. The number of aliphatic hydroxyl groups excluding tert-OH is 1. The average Bonchev–Trinajstić information content (AvgIpc) is 3.20. The molecule has 1 heterocycles. The molecule has 0 bridgehead atoms. The molecule has 2 unspecified atom stereocenters. The van der Waals surface area contributed by atoms with Crippen LogP contribution in [-0.4, -0.2) is 47.7 Å². The summed E-state index contributed by atoms with van der Waals surface area (Å²) in [5, 5.41) is 19.8. The van der Waals surface area contributed by atoms with Crippen molar-refractivity contribution in [3.63, 3.8) is 0 Å². The second-order valence-corrected chi connectivity index (χ2v) is 9.13. The molecule has 1 aliphatic heterocycles. The van der Waals surface area contributed by atoms with Crippen LogP contribution in [0.3, 0.4) is 0 Å². The van der Waals surface area contributed by atoms with Crippen molar-refractivity contribution in [3.8, 4) is 11.5 Å². The number of benzene rings is 2. The van der Waals surface area contributed by atoms with Gasteiger partial charge in [-0.05, 0) is 53.6 Å². The fourth-order valence-electron chi connectivity index (χ4n) is 3.64. The monoisotopic (exact) mass is 428 g/mol. The molecular weight excluding hydrogens is 396 g/mol. The Labute approximate surface area is 183 Å². The van der Waals surface area contributed by atoms with Crippen LogP contribution in [-0.2, 0) is 21.4 Å². The molecule has 1 fully saturated rings. The Morgan fingerprint density at radius 1 is 1.10 bits per heavy atom. The van der Waals surface area contributed by atoms with Crippen molar-refractivity contribution < 1.29 is 29.2 Å². The molecule has 0 amide bonds. The van der Waals surface area contributed by atoms with Gasteiger partial charge in [0.1, 0.15) is 30.8 Å². The quantitative estimate of drug-likeness (QED) is 0.628. The van der Waals surface area contributed by atoms with E-state index in [9.17, 15) is 15.0 Å². The number of carboxylic acid groups (broad SMARTS) is 1. The molecule has 1 saturated heterocycles. The summed E-state index contributed by atoms with van der Waals surface area (Å²) in [6, 6.07) is 15.1. The van der Waals surface area contributed by atoms with Gasteiger partial charge in [0.05, 0.1) is 0 Å². The second kappa shape index (κ2) is 9.71. The predicted molar refractivity (Wildman–Crippen MR) is 118 cm³/mol. The predicted octanol–water partition coefficient (Wildman–Crippen LogP) is 3.98. The van der Waals surface area contributed by atoms with Gasteiger partial charge >= 0.3 is 5.97 Å². The lowest BCUT2D eigenvalue weighted by molar-refractivity contribution is -0.159. The van der Waals surface area contributed by atoms with Crippen LogP contribution >= 0.6 is 0 Å². The normalized spacial score (nSPS) is 19.7. The zero-order valence-electron chi connectivity index (χ0n) is 18.5. The summed E-state index contributed by atoms with van der Waals surface area (Å²) in [5.74, 6) is 0.341. The summed E-state index contributed by atoms with van der Waals surface area (Å²) in [7, 11) is 0. The highest BCUT2D eigenvalue weighted by Crippen LogP contribution is 2.31. The Morgan fingerprint density at radius 3 is 2.35 bits per heavy atom. The Bertz CT molecular complexity index is 862. The van der Waals surface area contributed by atoms with E-state index in [0.29, 0.717) is 24.5 Å². The van der Waals surface area contributed by atoms with Gasteiger partial charge in [-0.25, -0.2) is 4.79 Å². The molecule has 6 nitrogen and oxygen atoms in total. The van der Waals surface area contributed by atoms with Crippen molar-refractivity contribution in [1.82, 2.24) is 0 Å². The summed E-state index contributed by atoms with van der Waals surface area (Å²) < 4.78 is 16.9. The molecule has 168 valence electrons. The minimum absolute atomic E-state index is 0.0735. The van der Waals surface area contributed by atoms with Crippen LogP contribution in [0.25, 0.3) is 0 Å².